The predicted octanol–water partition coefficient (Wildman–Crippen LogP) is 2.52. The summed E-state index contributed by atoms with van der Waals surface area (Å²) in [6, 6.07) is 0. The first-order chi connectivity index (χ1) is 10.9. The maximum Gasteiger partial charge on any atom is 0.305 e. The molecule has 0 radical (unpaired) electrons. The molecule has 0 saturated heterocycles. The van der Waals surface area contributed by atoms with E-state index in [0.29, 0.717) is 10.6 Å². The van der Waals surface area contributed by atoms with Gasteiger partial charge in [0.05, 0.1) is 12.0 Å². The highest BCUT2D eigenvalue weighted by molar-refractivity contribution is 7.17. The molecular formula is C16H22N2O4S. The highest BCUT2D eigenvalue weighted by Gasteiger charge is 2.27. The Morgan fingerprint density at radius 1 is 1.22 bits per heavy atom. The third-order valence-electron chi connectivity index (χ3n) is 3.93. The van der Waals surface area contributed by atoms with Gasteiger partial charge in [0.2, 0.25) is 5.91 Å². The molecule has 23 heavy (non-hydrogen) atoms. The van der Waals surface area contributed by atoms with Gasteiger partial charge >= 0.3 is 5.97 Å². The molecule has 0 fully saturated rings. The zero-order valence-corrected chi connectivity index (χ0v) is 14.3. The Labute approximate surface area is 139 Å². The van der Waals surface area contributed by atoms with Crippen LogP contribution in [0.5, 0.6) is 0 Å². The number of anilines is 1. The molecule has 126 valence electrons. The number of carbonyl (C=O) groups is 3. The highest BCUT2D eigenvalue weighted by atomic mass is 32.1. The second-order valence-electron chi connectivity index (χ2n) is 5.82. The van der Waals surface area contributed by atoms with Crippen molar-refractivity contribution < 1.29 is 19.5 Å². The molecule has 0 bridgehead atoms. The van der Waals surface area contributed by atoms with E-state index in [1.165, 1.54) is 28.0 Å². The third kappa shape index (κ3) is 4.31. The van der Waals surface area contributed by atoms with Crippen LogP contribution in [-0.2, 0) is 22.4 Å². The second-order valence-corrected chi connectivity index (χ2v) is 6.93. The minimum atomic E-state index is -0.934. The SMILES string of the molecule is CC(=O)Nc1sc2c(c1C(=O)N(C)CCC(=O)O)CCCCC2. The highest BCUT2D eigenvalue weighted by Crippen LogP contribution is 2.38. The summed E-state index contributed by atoms with van der Waals surface area (Å²) >= 11 is 1.48. The zero-order chi connectivity index (χ0) is 17.0. The fourth-order valence-corrected chi connectivity index (χ4v) is 4.10. The molecule has 1 aliphatic carbocycles. The van der Waals surface area contributed by atoms with E-state index < -0.39 is 5.97 Å². The van der Waals surface area contributed by atoms with Crippen molar-refractivity contribution in [1.82, 2.24) is 4.90 Å². The minimum Gasteiger partial charge on any atom is -0.481 e. The van der Waals surface area contributed by atoms with Crippen molar-refractivity contribution in [3.05, 3.63) is 16.0 Å². The molecule has 2 amide bonds. The number of amides is 2. The molecule has 6 nitrogen and oxygen atoms in total. The van der Waals surface area contributed by atoms with Gasteiger partial charge in [0, 0.05) is 25.4 Å². The molecular weight excluding hydrogens is 316 g/mol. The minimum absolute atomic E-state index is 0.0932. The van der Waals surface area contributed by atoms with Gasteiger partial charge in [0.25, 0.3) is 5.91 Å². The van der Waals surface area contributed by atoms with E-state index in [4.69, 9.17) is 5.11 Å². The van der Waals surface area contributed by atoms with Gasteiger partial charge < -0.3 is 15.3 Å². The van der Waals surface area contributed by atoms with Crippen LogP contribution in [0.15, 0.2) is 0 Å². The van der Waals surface area contributed by atoms with Crippen LogP contribution in [0.4, 0.5) is 5.00 Å². The van der Waals surface area contributed by atoms with Crippen molar-refractivity contribution >= 4 is 34.1 Å². The van der Waals surface area contributed by atoms with Crippen molar-refractivity contribution in [3.8, 4) is 0 Å². The van der Waals surface area contributed by atoms with Gasteiger partial charge in [0.1, 0.15) is 5.00 Å². The maximum absolute atomic E-state index is 12.8. The lowest BCUT2D eigenvalue weighted by Crippen LogP contribution is -2.30. The van der Waals surface area contributed by atoms with Gasteiger partial charge in [-0.15, -0.1) is 11.3 Å². The molecule has 0 aromatic carbocycles. The summed E-state index contributed by atoms with van der Waals surface area (Å²) in [7, 11) is 1.60. The second kappa shape index (κ2) is 7.59. The van der Waals surface area contributed by atoms with Crippen molar-refractivity contribution in [2.45, 2.75) is 45.4 Å². The molecule has 0 aliphatic heterocycles. The van der Waals surface area contributed by atoms with Crippen LogP contribution in [0.1, 0.15) is 53.4 Å². The Morgan fingerprint density at radius 3 is 2.57 bits per heavy atom. The van der Waals surface area contributed by atoms with Crippen LogP contribution >= 0.6 is 11.3 Å². The smallest absolute Gasteiger partial charge is 0.305 e. The summed E-state index contributed by atoms with van der Waals surface area (Å²) in [5, 5.41) is 12.1. The Bertz CT molecular complexity index is 624. The molecule has 0 unspecified atom stereocenters. The average molecular weight is 338 g/mol. The lowest BCUT2D eigenvalue weighted by molar-refractivity contribution is -0.137. The van der Waals surface area contributed by atoms with Crippen LogP contribution in [0.25, 0.3) is 0 Å². The van der Waals surface area contributed by atoms with E-state index in [9.17, 15) is 14.4 Å². The van der Waals surface area contributed by atoms with Crippen LogP contribution in [0.3, 0.4) is 0 Å². The summed E-state index contributed by atoms with van der Waals surface area (Å²) in [5.41, 5.74) is 1.58. The maximum atomic E-state index is 12.8. The molecule has 0 spiro atoms. The molecule has 7 heteroatoms. The number of hydrogen-bond acceptors (Lipinski definition) is 4. The Hall–Kier alpha value is -1.89. The topological polar surface area (TPSA) is 86.7 Å². The third-order valence-corrected chi connectivity index (χ3v) is 5.14. The van der Waals surface area contributed by atoms with E-state index in [1.54, 1.807) is 7.05 Å². The first-order valence-corrected chi connectivity index (χ1v) is 8.61. The summed E-state index contributed by atoms with van der Waals surface area (Å²) in [6.07, 6.45) is 4.93. The van der Waals surface area contributed by atoms with Crippen molar-refractivity contribution in [2.75, 3.05) is 18.9 Å². The van der Waals surface area contributed by atoms with E-state index in [2.05, 4.69) is 5.32 Å². The van der Waals surface area contributed by atoms with Crippen molar-refractivity contribution in [1.29, 1.82) is 0 Å². The standard InChI is InChI=1S/C16H22N2O4S/c1-10(19)17-15-14(16(22)18(2)9-8-13(20)21)11-6-4-3-5-7-12(11)23-15/h3-9H2,1-2H3,(H,17,19)(H,20,21). The molecule has 0 saturated carbocycles. The normalized spacial score (nSPS) is 13.8. The molecule has 1 aromatic rings. The first-order valence-electron chi connectivity index (χ1n) is 7.79. The molecule has 2 N–H and O–H groups in total. The summed E-state index contributed by atoms with van der Waals surface area (Å²) in [5.74, 6) is -1.35. The fourth-order valence-electron chi connectivity index (χ4n) is 2.77. The molecule has 2 rings (SSSR count). The first kappa shape index (κ1) is 17.5. The van der Waals surface area contributed by atoms with Gasteiger partial charge in [0.15, 0.2) is 0 Å². The number of carboxylic acid groups (broad SMARTS) is 1. The summed E-state index contributed by atoms with van der Waals surface area (Å²) < 4.78 is 0. The van der Waals surface area contributed by atoms with Gasteiger partial charge in [-0.2, -0.15) is 0 Å². The molecule has 0 atom stereocenters. The Kier molecular flexibility index (Phi) is 5.76. The fraction of sp³-hybridized carbons (Fsp3) is 0.562. The number of hydrogen-bond donors (Lipinski definition) is 2. The van der Waals surface area contributed by atoms with E-state index >= 15 is 0 Å². The molecule has 1 aliphatic rings. The lowest BCUT2D eigenvalue weighted by atomic mass is 10.0. The number of carboxylic acids is 1. The van der Waals surface area contributed by atoms with E-state index in [0.717, 1.165) is 37.7 Å². The lowest BCUT2D eigenvalue weighted by Gasteiger charge is -2.18. The van der Waals surface area contributed by atoms with Crippen LogP contribution in [0.2, 0.25) is 0 Å². The van der Waals surface area contributed by atoms with Crippen LogP contribution < -0.4 is 5.32 Å². The number of aryl methyl sites for hydroxylation is 1. The summed E-state index contributed by atoms with van der Waals surface area (Å²) in [6.45, 7) is 1.58. The quantitative estimate of drug-likeness (QED) is 0.808. The predicted molar refractivity (Wildman–Crippen MR) is 89.1 cm³/mol. The number of fused-ring (bicyclic) bond motifs is 1. The van der Waals surface area contributed by atoms with Crippen LogP contribution in [0, 0.1) is 0 Å². The number of rotatable bonds is 5. The number of thiophene rings is 1. The van der Waals surface area contributed by atoms with Gasteiger partial charge in [-0.1, -0.05) is 6.42 Å². The van der Waals surface area contributed by atoms with E-state index in [-0.39, 0.29) is 24.8 Å². The van der Waals surface area contributed by atoms with Gasteiger partial charge in [-0.25, -0.2) is 0 Å². The monoisotopic (exact) mass is 338 g/mol. The number of carbonyl (C=O) groups excluding carboxylic acids is 2. The van der Waals surface area contributed by atoms with Gasteiger partial charge in [-0.3, -0.25) is 14.4 Å². The zero-order valence-electron chi connectivity index (χ0n) is 13.5. The Balaban J connectivity index is 2.33. The largest absolute Gasteiger partial charge is 0.481 e. The number of nitrogens with one attached hydrogen (secondary N) is 1. The van der Waals surface area contributed by atoms with Crippen molar-refractivity contribution in [3.63, 3.8) is 0 Å². The number of nitrogens with zero attached hydrogens (tertiary/aromatic N) is 1. The summed E-state index contributed by atoms with van der Waals surface area (Å²) in [4.78, 5) is 37.5. The number of aliphatic carboxylic acids is 1. The Morgan fingerprint density at radius 2 is 1.91 bits per heavy atom. The van der Waals surface area contributed by atoms with E-state index in [1.807, 2.05) is 0 Å². The molecule has 1 heterocycles. The van der Waals surface area contributed by atoms with Crippen LogP contribution in [-0.4, -0.2) is 41.4 Å². The van der Waals surface area contributed by atoms with Gasteiger partial charge in [-0.05, 0) is 31.2 Å². The average Bonchev–Trinajstić information content (AvgIpc) is 2.65. The molecule has 1 aromatic heterocycles. The van der Waals surface area contributed by atoms with Crippen molar-refractivity contribution in [2.24, 2.45) is 0 Å².